The van der Waals surface area contributed by atoms with Crippen LogP contribution in [-0.2, 0) is 0 Å². The third-order valence-electron chi connectivity index (χ3n) is 6.49. The molecule has 0 atom stereocenters. The van der Waals surface area contributed by atoms with Crippen LogP contribution < -0.4 is 14.7 Å². The van der Waals surface area contributed by atoms with Crippen molar-refractivity contribution >= 4 is 57.7 Å². The monoisotopic (exact) mass is 497 g/mol. The van der Waals surface area contributed by atoms with Crippen LogP contribution in [0, 0.1) is 0 Å². The third kappa shape index (κ3) is 3.49. The summed E-state index contributed by atoms with van der Waals surface area (Å²) in [6.45, 7) is 1.17. The number of hydrogen-bond acceptors (Lipinski definition) is 6. The van der Waals surface area contributed by atoms with Crippen LogP contribution >= 0.6 is 11.6 Å². The van der Waals surface area contributed by atoms with E-state index in [9.17, 15) is 14.4 Å². The number of fused-ring (bicyclic) bond motifs is 3. The SMILES string of the molecule is CN1CCCN(C(=O)c2ccc3c(c2)C(=O)N(c2ccc(Cl)cc2)C3=O)c2nc3ccccc3nc21. The number of aromatic nitrogens is 2. The van der Waals surface area contributed by atoms with Gasteiger partial charge in [-0.1, -0.05) is 23.7 Å². The Morgan fingerprint density at radius 2 is 1.50 bits per heavy atom. The molecule has 0 radical (unpaired) electrons. The summed E-state index contributed by atoms with van der Waals surface area (Å²) in [5, 5.41) is 0.502. The lowest BCUT2D eigenvalue weighted by atomic mass is 10.0. The summed E-state index contributed by atoms with van der Waals surface area (Å²) < 4.78 is 0. The molecule has 178 valence electrons. The van der Waals surface area contributed by atoms with Gasteiger partial charge in [0.2, 0.25) is 0 Å². The molecule has 0 unspecified atom stereocenters. The Morgan fingerprint density at radius 1 is 0.833 bits per heavy atom. The zero-order valence-electron chi connectivity index (χ0n) is 19.3. The van der Waals surface area contributed by atoms with Crippen molar-refractivity contribution in [1.82, 2.24) is 9.97 Å². The lowest BCUT2D eigenvalue weighted by molar-refractivity contribution is 0.0925. The first kappa shape index (κ1) is 22.2. The zero-order valence-corrected chi connectivity index (χ0v) is 20.1. The van der Waals surface area contributed by atoms with Crippen LogP contribution in [0.5, 0.6) is 0 Å². The summed E-state index contributed by atoms with van der Waals surface area (Å²) in [4.78, 5) is 54.2. The quantitative estimate of drug-likeness (QED) is 0.377. The van der Waals surface area contributed by atoms with E-state index in [4.69, 9.17) is 21.6 Å². The Morgan fingerprint density at radius 3 is 2.22 bits per heavy atom. The number of rotatable bonds is 2. The van der Waals surface area contributed by atoms with Gasteiger partial charge in [-0.25, -0.2) is 14.9 Å². The molecule has 3 amide bonds. The Kier molecular flexibility index (Phi) is 5.19. The molecule has 0 bridgehead atoms. The molecule has 2 aliphatic heterocycles. The molecular formula is C27H20ClN5O3. The van der Waals surface area contributed by atoms with Crippen LogP contribution in [0.1, 0.15) is 37.5 Å². The molecule has 0 fully saturated rings. The van der Waals surface area contributed by atoms with Gasteiger partial charge in [0.15, 0.2) is 11.6 Å². The minimum atomic E-state index is -0.478. The van der Waals surface area contributed by atoms with E-state index < -0.39 is 11.8 Å². The van der Waals surface area contributed by atoms with E-state index in [1.165, 1.54) is 12.1 Å². The summed E-state index contributed by atoms with van der Waals surface area (Å²) in [5.41, 5.74) is 2.62. The lowest BCUT2D eigenvalue weighted by Gasteiger charge is -2.23. The summed E-state index contributed by atoms with van der Waals surface area (Å²) in [7, 11) is 1.93. The molecule has 0 N–H and O–H groups in total. The smallest absolute Gasteiger partial charge is 0.266 e. The average Bonchev–Trinajstić information content (AvgIpc) is 3.03. The Bertz CT molecular complexity index is 1570. The Hall–Kier alpha value is -4.30. The van der Waals surface area contributed by atoms with Gasteiger partial charge in [0.05, 0.1) is 27.8 Å². The van der Waals surface area contributed by atoms with Gasteiger partial charge in [-0.3, -0.25) is 19.3 Å². The molecule has 0 aliphatic carbocycles. The van der Waals surface area contributed by atoms with E-state index in [-0.39, 0.29) is 17.0 Å². The van der Waals surface area contributed by atoms with Crippen molar-refractivity contribution in [2.24, 2.45) is 0 Å². The average molecular weight is 498 g/mol. The fourth-order valence-electron chi connectivity index (χ4n) is 4.65. The molecule has 6 rings (SSSR count). The minimum absolute atomic E-state index is 0.192. The predicted octanol–water partition coefficient (Wildman–Crippen LogP) is 4.57. The normalized spacial score (nSPS) is 15.2. The Labute approximate surface area is 211 Å². The first-order chi connectivity index (χ1) is 17.4. The van der Waals surface area contributed by atoms with Crippen LogP contribution in [0.4, 0.5) is 17.3 Å². The Balaban J connectivity index is 1.39. The van der Waals surface area contributed by atoms with Crippen molar-refractivity contribution in [1.29, 1.82) is 0 Å². The van der Waals surface area contributed by atoms with Crippen molar-refractivity contribution in [2.45, 2.75) is 6.42 Å². The largest absolute Gasteiger partial charge is 0.357 e. The van der Waals surface area contributed by atoms with Gasteiger partial charge in [0.25, 0.3) is 17.7 Å². The molecular weight excluding hydrogens is 478 g/mol. The number of carbonyl (C=O) groups excluding carboxylic acids is 3. The molecule has 3 heterocycles. The van der Waals surface area contributed by atoms with Gasteiger partial charge in [0, 0.05) is 30.7 Å². The van der Waals surface area contributed by atoms with E-state index in [1.807, 2.05) is 36.2 Å². The van der Waals surface area contributed by atoms with Crippen LogP contribution in [0.3, 0.4) is 0 Å². The van der Waals surface area contributed by atoms with Crippen molar-refractivity contribution < 1.29 is 14.4 Å². The van der Waals surface area contributed by atoms with E-state index in [1.54, 1.807) is 35.2 Å². The summed E-state index contributed by atoms with van der Waals surface area (Å²) in [6, 6.07) is 18.6. The first-order valence-corrected chi connectivity index (χ1v) is 11.9. The van der Waals surface area contributed by atoms with Crippen molar-refractivity contribution in [3.05, 3.63) is 88.4 Å². The maximum absolute atomic E-state index is 13.8. The highest BCUT2D eigenvalue weighted by atomic mass is 35.5. The summed E-state index contributed by atoms with van der Waals surface area (Å²) in [6.07, 6.45) is 0.726. The van der Waals surface area contributed by atoms with Crippen LogP contribution in [0.15, 0.2) is 66.7 Å². The van der Waals surface area contributed by atoms with E-state index >= 15 is 0 Å². The van der Waals surface area contributed by atoms with E-state index in [0.717, 1.165) is 23.4 Å². The fourth-order valence-corrected chi connectivity index (χ4v) is 4.77. The second kappa shape index (κ2) is 8.42. The maximum atomic E-state index is 13.8. The zero-order chi connectivity index (χ0) is 25.0. The molecule has 3 aromatic carbocycles. The van der Waals surface area contributed by atoms with Gasteiger partial charge in [-0.05, 0) is 61.0 Å². The van der Waals surface area contributed by atoms with Crippen molar-refractivity contribution in [3.8, 4) is 0 Å². The molecule has 1 aromatic heterocycles. The summed E-state index contributed by atoms with van der Waals surface area (Å²) in [5.74, 6) is -0.112. The highest BCUT2D eigenvalue weighted by Crippen LogP contribution is 2.33. The van der Waals surface area contributed by atoms with Crippen LogP contribution in [0.2, 0.25) is 5.02 Å². The molecule has 2 aliphatic rings. The number of hydrogen-bond donors (Lipinski definition) is 0. The number of nitrogens with zero attached hydrogens (tertiary/aromatic N) is 5. The standard InChI is InChI=1S/C27H20ClN5O3/c1-31-13-4-14-32(24-23(31)29-21-5-2-3-6-22(21)30-24)25(34)16-7-12-19-20(15-16)27(36)33(26(19)35)18-10-8-17(28)9-11-18/h2-3,5-12,15H,4,13-14H2,1H3. The fraction of sp³-hybridized carbons (Fsp3) is 0.148. The topological polar surface area (TPSA) is 86.7 Å². The van der Waals surface area contributed by atoms with E-state index in [2.05, 4.69) is 0 Å². The van der Waals surface area contributed by atoms with Crippen LogP contribution in [-0.4, -0.2) is 47.8 Å². The van der Waals surface area contributed by atoms with Gasteiger partial charge < -0.3 is 4.90 Å². The number of amides is 3. The van der Waals surface area contributed by atoms with Crippen LogP contribution in [0.25, 0.3) is 11.0 Å². The lowest BCUT2D eigenvalue weighted by Crippen LogP contribution is -2.32. The summed E-state index contributed by atoms with van der Waals surface area (Å²) >= 11 is 5.96. The molecule has 0 saturated heterocycles. The molecule has 0 spiro atoms. The molecule has 8 nitrogen and oxygen atoms in total. The van der Waals surface area contributed by atoms with Gasteiger partial charge in [-0.15, -0.1) is 0 Å². The number of anilines is 3. The van der Waals surface area contributed by atoms with Crippen molar-refractivity contribution in [2.75, 3.05) is 34.8 Å². The number of para-hydroxylation sites is 2. The van der Waals surface area contributed by atoms with Crippen molar-refractivity contribution in [3.63, 3.8) is 0 Å². The van der Waals surface area contributed by atoms with E-state index in [0.29, 0.717) is 40.0 Å². The maximum Gasteiger partial charge on any atom is 0.266 e. The van der Waals surface area contributed by atoms with Gasteiger partial charge in [-0.2, -0.15) is 0 Å². The number of imide groups is 1. The van der Waals surface area contributed by atoms with Gasteiger partial charge in [0.1, 0.15) is 0 Å². The third-order valence-corrected chi connectivity index (χ3v) is 6.74. The molecule has 4 aromatic rings. The highest BCUT2D eigenvalue weighted by Gasteiger charge is 2.38. The molecule has 0 saturated carbocycles. The number of benzene rings is 3. The molecule has 9 heteroatoms. The van der Waals surface area contributed by atoms with Gasteiger partial charge >= 0.3 is 0 Å². The number of carbonyl (C=O) groups is 3. The predicted molar refractivity (Wildman–Crippen MR) is 138 cm³/mol. The highest BCUT2D eigenvalue weighted by molar-refractivity contribution is 6.35. The first-order valence-electron chi connectivity index (χ1n) is 11.5. The number of halogens is 1. The second-order valence-electron chi connectivity index (χ2n) is 8.77. The molecule has 36 heavy (non-hydrogen) atoms. The second-order valence-corrected chi connectivity index (χ2v) is 9.21. The minimum Gasteiger partial charge on any atom is -0.357 e.